The number of hydrogen-bond acceptors (Lipinski definition) is 5. The molecule has 1 aliphatic heterocycles. The minimum absolute atomic E-state index is 0. The quantitative estimate of drug-likeness (QED) is 0.293. The van der Waals surface area contributed by atoms with E-state index in [1.54, 1.807) is 6.20 Å². The number of aliphatic imine (C=N–C) groups is 1. The Labute approximate surface area is 201 Å². The van der Waals surface area contributed by atoms with Crippen molar-refractivity contribution in [1.29, 1.82) is 0 Å². The van der Waals surface area contributed by atoms with E-state index in [9.17, 15) is 8.42 Å². The van der Waals surface area contributed by atoms with Crippen LogP contribution in [0, 0.1) is 0 Å². The predicted octanol–water partition coefficient (Wildman–Crippen LogP) is 2.12. The molecule has 10 heteroatoms. The summed E-state index contributed by atoms with van der Waals surface area (Å²) in [5.41, 5.74) is 2.58. The van der Waals surface area contributed by atoms with Crippen LogP contribution >= 0.6 is 24.0 Å². The van der Waals surface area contributed by atoms with Gasteiger partial charge in [-0.05, 0) is 30.2 Å². The summed E-state index contributed by atoms with van der Waals surface area (Å²) in [4.78, 5) is 8.94. The molecule has 0 radical (unpaired) electrons. The Bertz CT molecular complexity index is 935. The number of hydrogen-bond donors (Lipinski definition) is 2. The lowest BCUT2D eigenvalue weighted by molar-refractivity contribution is 0.0729. The number of pyridine rings is 1. The van der Waals surface area contributed by atoms with E-state index in [0.717, 1.165) is 23.4 Å². The number of guanidine groups is 1. The fourth-order valence-corrected chi connectivity index (χ4v) is 4.71. The van der Waals surface area contributed by atoms with Gasteiger partial charge in [0.25, 0.3) is 0 Å². The average molecular weight is 559 g/mol. The third-order valence-corrected chi connectivity index (χ3v) is 6.56. The molecule has 1 saturated heterocycles. The van der Waals surface area contributed by atoms with E-state index in [1.807, 2.05) is 49.4 Å². The molecule has 0 amide bonds. The summed E-state index contributed by atoms with van der Waals surface area (Å²) in [6.07, 6.45) is 1.76. The van der Waals surface area contributed by atoms with E-state index >= 15 is 0 Å². The first-order valence-corrected chi connectivity index (χ1v) is 11.7. The number of nitrogens with one attached hydrogen (secondary N) is 2. The molecule has 1 aromatic heterocycles. The lowest BCUT2D eigenvalue weighted by Crippen LogP contribution is -2.41. The molecule has 3 rings (SSSR count). The summed E-state index contributed by atoms with van der Waals surface area (Å²) in [7, 11) is -3.39. The Morgan fingerprint density at radius 2 is 1.81 bits per heavy atom. The molecule has 2 heterocycles. The highest BCUT2D eigenvalue weighted by Crippen LogP contribution is 2.17. The molecule has 2 N–H and O–H groups in total. The first kappa shape index (κ1) is 25.5. The third-order valence-electron chi connectivity index (χ3n) is 4.73. The van der Waals surface area contributed by atoms with Gasteiger partial charge < -0.3 is 15.4 Å². The summed E-state index contributed by atoms with van der Waals surface area (Å²) < 4.78 is 32.4. The van der Waals surface area contributed by atoms with Crippen LogP contribution in [0.2, 0.25) is 0 Å². The smallest absolute Gasteiger partial charge is 0.218 e. The number of aromatic nitrogens is 1. The molecule has 0 spiro atoms. The first-order valence-electron chi connectivity index (χ1n) is 10.1. The fraction of sp³-hybridized carbons (Fsp3) is 0.429. The van der Waals surface area contributed by atoms with Crippen LogP contribution in [-0.4, -0.2) is 56.5 Å². The fourth-order valence-electron chi connectivity index (χ4n) is 3.15. The van der Waals surface area contributed by atoms with Gasteiger partial charge in [0.15, 0.2) is 5.96 Å². The number of nitrogens with zero attached hydrogens (tertiary/aromatic N) is 3. The van der Waals surface area contributed by atoms with Crippen molar-refractivity contribution in [1.82, 2.24) is 19.9 Å². The van der Waals surface area contributed by atoms with Crippen molar-refractivity contribution in [3.63, 3.8) is 0 Å². The predicted molar refractivity (Wildman–Crippen MR) is 133 cm³/mol. The molecule has 0 unspecified atom stereocenters. The zero-order chi connectivity index (χ0) is 21.2. The highest BCUT2D eigenvalue weighted by molar-refractivity contribution is 14.0. The van der Waals surface area contributed by atoms with Crippen LogP contribution in [0.1, 0.15) is 23.7 Å². The van der Waals surface area contributed by atoms with Crippen molar-refractivity contribution in [3.8, 4) is 0 Å². The Morgan fingerprint density at radius 1 is 1.10 bits per heavy atom. The van der Waals surface area contributed by atoms with Gasteiger partial charge in [-0.2, -0.15) is 4.31 Å². The largest absolute Gasteiger partial charge is 0.379 e. The summed E-state index contributed by atoms with van der Waals surface area (Å²) in [5, 5.41) is 6.48. The monoisotopic (exact) mass is 559 g/mol. The van der Waals surface area contributed by atoms with Gasteiger partial charge in [-0.3, -0.25) is 4.98 Å². The van der Waals surface area contributed by atoms with Crippen LogP contribution in [0.15, 0.2) is 53.7 Å². The van der Waals surface area contributed by atoms with E-state index in [2.05, 4.69) is 20.6 Å². The highest BCUT2D eigenvalue weighted by atomic mass is 127. The lowest BCUT2D eigenvalue weighted by Gasteiger charge is -2.26. The number of halogens is 1. The second-order valence-corrected chi connectivity index (χ2v) is 8.88. The van der Waals surface area contributed by atoms with Crippen molar-refractivity contribution in [2.75, 3.05) is 32.8 Å². The van der Waals surface area contributed by atoms with Crippen LogP contribution < -0.4 is 10.6 Å². The van der Waals surface area contributed by atoms with E-state index in [0.29, 0.717) is 45.4 Å². The zero-order valence-corrected chi connectivity index (χ0v) is 20.8. The lowest BCUT2D eigenvalue weighted by atomic mass is 10.1. The number of ether oxygens (including phenoxy) is 1. The summed E-state index contributed by atoms with van der Waals surface area (Å²) in [5.74, 6) is 0.630. The van der Waals surface area contributed by atoms with Crippen LogP contribution in [-0.2, 0) is 33.6 Å². The van der Waals surface area contributed by atoms with E-state index in [-0.39, 0.29) is 29.7 Å². The first-order chi connectivity index (χ1) is 14.6. The van der Waals surface area contributed by atoms with Gasteiger partial charge in [0.05, 0.1) is 37.8 Å². The Balaban J connectivity index is 0.00000341. The number of morpholine rings is 1. The van der Waals surface area contributed by atoms with Gasteiger partial charge >= 0.3 is 0 Å². The Hall–Kier alpha value is -1.76. The van der Waals surface area contributed by atoms with Crippen molar-refractivity contribution < 1.29 is 13.2 Å². The molecule has 2 aromatic rings. The van der Waals surface area contributed by atoms with Crippen molar-refractivity contribution in [3.05, 3.63) is 65.5 Å². The van der Waals surface area contributed by atoms with Crippen LogP contribution in [0.4, 0.5) is 0 Å². The summed E-state index contributed by atoms with van der Waals surface area (Å²) in [6.45, 7) is 5.36. The van der Waals surface area contributed by atoms with Gasteiger partial charge in [0, 0.05) is 25.8 Å². The normalized spacial score (nSPS) is 15.2. The second-order valence-electron chi connectivity index (χ2n) is 6.91. The Morgan fingerprint density at radius 3 is 2.48 bits per heavy atom. The molecular formula is C21H30IN5O3S. The average Bonchev–Trinajstić information content (AvgIpc) is 2.78. The van der Waals surface area contributed by atoms with Crippen LogP contribution in [0.3, 0.4) is 0 Å². The topological polar surface area (TPSA) is 95.9 Å². The van der Waals surface area contributed by atoms with Crippen LogP contribution in [0.5, 0.6) is 0 Å². The van der Waals surface area contributed by atoms with Gasteiger partial charge in [0.2, 0.25) is 10.0 Å². The number of rotatable bonds is 8. The maximum absolute atomic E-state index is 12.8. The third kappa shape index (κ3) is 8.02. The standard InChI is InChI=1S/C21H29N5O3S.HI/c1-2-22-21(25-16-20-9-5-6-10-23-20)24-15-18-7-3-4-8-19(18)17-30(27,28)26-11-13-29-14-12-26;/h3-10H,2,11-17H2,1H3,(H2,22,24,25);1H. The van der Waals surface area contributed by atoms with Crippen LogP contribution in [0.25, 0.3) is 0 Å². The molecule has 8 nitrogen and oxygen atoms in total. The van der Waals surface area contributed by atoms with Crippen molar-refractivity contribution in [2.24, 2.45) is 4.99 Å². The SMILES string of the molecule is CCNC(=NCc1ccccc1CS(=O)(=O)N1CCOCC1)NCc1ccccn1.I. The van der Waals surface area contributed by atoms with E-state index < -0.39 is 10.0 Å². The molecule has 0 aliphatic carbocycles. The molecular weight excluding hydrogens is 529 g/mol. The molecule has 1 aromatic carbocycles. The second kappa shape index (κ2) is 12.9. The minimum Gasteiger partial charge on any atom is -0.379 e. The highest BCUT2D eigenvalue weighted by Gasteiger charge is 2.25. The number of sulfonamides is 1. The number of benzene rings is 1. The Kier molecular flexibility index (Phi) is 10.6. The van der Waals surface area contributed by atoms with Gasteiger partial charge in [-0.1, -0.05) is 30.3 Å². The molecule has 1 fully saturated rings. The van der Waals surface area contributed by atoms with E-state index in [4.69, 9.17) is 4.74 Å². The zero-order valence-electron chi connectivity index (χ0n) is 17.7. The van der Waals surface area contributed by atoms with Gasteiger partial charge in [0.1, 0.15) is 0 Å². The maximum Gasteiger partial charge on any atom is 0.218 e. The van der Waals surface area contributed by atoms with Crippen molar-refractivity contribution in [2.45, 2.75) is 25.8 Å². The van der Waals surface area contributed by atoms with E-state index in [1.165, 1.54) is 4.31 Å². The summed E-state index contributed by atoms with van der Waals surface area (Å²) >= 11 is 0. The van der Waals surface area contributed by atoms with Gasteiger partial charge in [-0.15, -0.1) is 24.0 Å². The molecule has 31 heavy (non-hydrogen) atoms. The molecule has 0 saturated carbocycles. The summed E-state index contributed by atoms with van der Waals surface area (Å²) in [6, 6.07) is 13.3. The molecule has 0 atom stereocenters. The van der Waals surface area contributed by atoms with Crippen molar-refractivity contribution >= 4 is 40.0 Å². The molecule has 1 aliphatic rings. The van der Waals surface area contributed by atoms with Gasteiger partial charge in [-0.25, -0.2) is 13.4 Å². The molecule has 170 valence electrons. The maximum atomic E-state index is 12.8. The minimum atomic E-state index is -3.39. The molecule has 0 bridgehead atoms.